The Balaban J connectivity index is 2.77. The molecule has 1 N–H and O–H groups in total. The molecule has 0 aliphatic rings. The van der Waals surface area contributed by atoms with E-state index >= 15 is 0 Å². The minimum absolute atomic E-state index is 0.581. The quantitative estimate of drug-likeness (QED) is 0.656. The summed E-state index contributed by atoms with van der Waals surface area (Å²) in [5, 5.41) is 8.92. The van der Waals surface area contributed by atoms with Crippen LogP contribution in [0.5, 0.6) is 5.75 Å². The van der Waals surface area contributed by atoms with Crippen molar-refractivity contribution in [1.29, 1.82) is 0 Å². The molecule has 1 aromatic rings. The molecule has 0 bridgehead atoms. The molecule has 0 saturated heterocycles. The number of aliphatic hydroxyl groups is 1. The first-order valence-electron chi connectivity index (χ1n) is 4.06. The topological polar surface area (TPSA) is 29.5 Å². The summed E-state index contributed by atoms with van der Waals surface area (Å²) in [6, 6.07) is 7.39. The Morgan fingerprint density at radius 1 is 1.31 bits per heavy atom. The molecule has 0 amide bonds. The van der Waals surface area contributed by atoms with Gasteiger partial charge >= 0.3 is 0 Å². The molecule has 68 valence electrons. The Labute approximate surface area is 78.2 Å². The molecule has 0 fully saturated rings. The van der Waals surface area contributed by atoms with Crippen LogP contribution < -0.4 is 4.74 Å². The Kier molecular flexibility index (Phi) is 3.36. The van der Waals surface area contributed by atoms with Crippen LogP contribution in [0.2, 0.25) is 0 Å². The van der Waals surface area contributed by atoms with Crippen LogP contribution in [0.1, 0.15) is 12.5 Å². The molecule has 0 aliphatic heterocycles. The Morgan fingerprint density at radius 3 is 2.38 bits per heavy atom. The third kappa shape index (κ3) is 3.18. The molecule has 1 rings (SSSR count). The summed E-state index contributed by atoms with van der Waals surface area (Å²) in [4.78, 5) is 0. The van der Waals surface area contributed by atoms with Crippen molar-refractivity contribution in [2.75, 3.05) is 7.11 Å². The zero-order valence-corrected chi connectivity index (χ0v) is 7.74. The molecule has 2 heteroatoms. The van der Waals surface area contributed by atoms with Gasteiger partial charge in [0.1, 0.15) is 11.9 Å². The Hall–Kier alpha value is -1.46. The number of hydrogen-bond donors (Lipinski definition) is 1. The van der Waals surface area contributed by atoms with Gasteiger partial charge in [0.2, 0.25) is 0 Å². The fourth-order valence-corrected chi connectivity index (χ4v) is 0.862. The lowest BCUT2D eigenvalue weighted by Gasteiger charge is -1.97. The van der Waals surface area contributed by atoms with Crippen LogP contribution in [-0.4, -0.2) is 18.3 Å². The van der Waals surface area contributed by atoms with Gasteiger partial charge in [-0.05, 0) is 31.2 Å². The van der Waals surface area contributed by atoms with E-state index in [-0.39, 0.29) is 0 Å². The van der Waals surface area contributed by atoms with Crippen molar-refractivity contribution in [3.8, 4) is 17.6 Å². The molecular formula is C11H12O2. The first-order valence-corrected chi connectivity index (χ1v) is 4.06. The fourth-order valence-electron chi connectivity index (χ4n) is 0.862. The maximum atomic E-state index is 8.92. The van der Waals surface area contributed by atoms with Crippen LogP contribution in [0.15, 0.2) is 24.3 Å². The minimum Gasteiger partial charge on any atom is -0.497 e. The second-order valence-electron chi connectivity index (χ2n) is 2.67. The average Bonchev–Trinajstić information content (AvgIpc) is 2.15. The smallest absolute Gasteiger partial charge is 0.118 e. The summed E-state index contributed by atoms with van der Waals surface area (Å²) >= 11 is 0. The molecule has 1 unspecified atom stereocenters. The predicted molar refractivity (Wildman–Crippen MR) is 51.6 cm³/mol. The standard InChI is InChI=1S/C11H12O2/c1-9(12)3-4-10-5-7-11(13-2)8-6-10/h5-9,12H,1-2H3. The second kappa shape index (κ2) is 4.54. The molecule has 0 spiro atoms. The molecule has 0 aromatic heterocycles. The van der Waals surface area contributed by atoms with Crippen molar-refractivity contribution in [2.45, 2.75) is 13.0 Å². The van der Waals surface area contributed by atoms with Crippen molar-refractivity contribution in [3.63, 3.8) is 0 Å². The van der Waals surface area contributed by atoms with Crippen molar-refractivity contribution >= 4 is 0 Å². The summed E-state index contributed by atoms with van der Waals surface area (Å²) in [7, 11) is 1.62. The highest BCUT2D eigenvalue weighted by Crippen LogP contribution is 2.09. The SMILES string of the molecule is COc1ccc(C#CC(C)O)cc1. The molecule has 0 saturated carbocycles. The van der Waals surface area contributed by atoms with E-state index in [4.69, 9.17) is 9.84 Å². The molecule has 1 aromatic carbocycles. The number of aliphatic hydroxyl groups excluding tert-OH is 1. The van der Waals surface area contributed by atoms with Gasteiger partial charge < -0.3 is 9.84 Å². The first-order chi connectivity index (χ1) is 6.22. The van der Waals surface area contributed by atoms with E-state index in [2.05, 4.69) is 11.8 Å². The van der Waals surface area contributed by atoms with Crippen LogP contribution in [0, 0.1) is 11.8 Å². The van der Waals surface area contributed by atoms with Gasteiger partial charge in [-0.25, -0.2) is 0 Å². The summed E-state index contributed by atoms with van der Waals surface area (Å²) in [5.41, 5.74) is 0.877. The van der Waals surface area contributed by atoms with Gasteiger partial charge in [-0.15, -0.1) is 0 Å². The molecule has 0 radical (unpaired) electrons. The lowest BCUT2D eigenvalue weighted by atomic mass is 10.2. The highest BCUT2D eigenvalue weighted by molar-refractivity contribution is 5.38. The molecule has 13 heavy (non-hydrogen) atoms. The number of rotatable bonds is 1. The molecule has 2 nitrogen and oxygen atoms in total. The highest BCUT2D eigenvalue weighted by Gasteiger charge is 1.90. The number of ether oxygens (including phenoxy) is 1. The largest absolute Gasteiger partial charge is 0.497 e. The Bertz CT molecular complexity index is 314. The highest BCUT2D eigenvalue weighted by atomic mass is 16.5. The molecule has 0 aliphatic carbocycles. The van der Waals surface area contributed by atoms with Gasteiger partial charge in [0.25, 0.3) is 0 Å². The van der Waals surface area contributed by atoms with Gasteiger partial charge in [0.05, 0.1) is 7.11 Å². The lowest BCUT2D eigenvalue weighted by Crippen LogP contribution is -1.92. The molecule has 0 heterocycles. The molecular weight excluding hydrogens is 164 g/mol. The van der Waals surface area contributed by atoms with Gasteiger partial charge in [-0.3, -0.25) is 0 Å². The van der Waals surface area contributed by atoms with E-state index < -0.39 is 6.10 Å². The summed E-state index contributed by atoms with van der Waals surface area (Å²) in [5.74, 6) is 6.31. The lowest BCUT2D eigenvalue weighted by molar-refractivity contribution is 0.253. The zero-order valence-electron chi connectivity index (χ0n) is 7.74. The van der Waals surface area contributed by atoms with Crippen molar-refractivity contribution in [3.05, 3.63) is 29.8 Å². The fraction of sp³-hybridized carbons (Fsp3) is 0.273. The Morgan fingerprint density at radius 2 is 1.92 bits per heavy atom. The van der Waals surface area contributed by atoms with E-state index in [1.807, 2.05) is 24.3 Å². The predicted octanol–water partition coefficient (Wildman–Crippen LogP) is 1.43. The van der Waals surface area contributed by atoms with Crippen LogP contribution >= 0.6 is 0 Å². The van der Waals surface area contributed by atoms with E-state index in [9.17, 15) is 0 Å². The van der Waals surface area contributed by atoms with Gasteiger partial charge in [0, 0.05) is 5.56 Å². The number of benzene rings is 1. The van der Waals surface area contributed by atoms with Crippen molar-refractivity contribution in [1.82, 2.24) is 0 Å². The van der Waals surface area contributed by atoms with Gasteiger partial charge in [-0.2, -0.15) is 0 Å². The summed E-state index contributed by atoms with van der Waals surface area (Å²) < 4.78 is 5.00. The normalized spacial score (nSPS) is 11.3. The maximum Gasteiger partial charge on any atom is 0.118 e. The van der Waals surface area contributed by atoms with Crippen LogP contribution in [0.3, 0.4) is 0 Å². The third-order valence-electron chi connectivity index (χ3n) is 1.52. The van der Waals surface area contributed by atoms with Gasteiger partial charge in [-0.1, -0.05) is 11.8 Å². The molecule has 1 atom stereocenters. The zero-order chi connectivity index (χ0) is 9.68. The van der Waals surface area contributed by atoms with E-state index in [0.717, 1.165) is 11.3 Å². The van der Waals surface area contributed by atoms with Crippen LogP contribution in [-0.2, 0) is 0 Å². The van der Waals surface area contributed by atoms with E-state index in [0.29, 0.717) is 0 Å². The minimum atomic E-state index is -0.581. The van der Waals surface area contributed by atoms with E-state index in [1.165, 1.54) is 0 Å². The maximum absolute atomic E-state index is 8.92. The summed E-state index contributed by atoms with van der Waals surface area (Å²) in [6.45, 7) is 1.64. The monoisotopic (exact) mass is 176 g/mol. The van der Waals surface area contributed by atoms with Crippen LogP contribution in [0.4, 0.5) is 0 Å². The van der Waals surface area contributed by atoms with E-state index in [1.54, 1.807) is 14.0 Å². The summed E-state index contributed by atoms with van der Waals surface area (Å²) in [6.07, 6.45) is -0.581. The second-order valence-corrected chi connectivity index (χ2v) is 2.67. The average molecular weight is 176 g/mol. The van der Waals surface area contributed by atoms with Crippen molar-refractivity contribution < 1.29 is 9.84 Å². The number of methoxy groups -OCH3 is 1. The van der Waals surface area contributed by atoms with Gasteiger partial charge in [0.15, 0.2) is 0 Å². The first kappa shape index (κ1) is 9.63. The third-order valence-corrected chi connectivity index (χ3v) is 1.52. The van der Waals surface area contributed by atoms with Crippen LogP contribution in [0.25, 0.3) is 0 Å². The number of hydrogen-bond acceptors (Lipinski definition) is 2. The van der Waals surface area contributed by atoms with Crippen molar-refractivity contribution in [2.24, 2.45) is 0 Å².